The van der Waals surface area contributed by atoms with Gasteiger partial charge in [-0.1, -0.05) is 48.0 Å². The van der Waals surface area contributed by atoms with E-state index in [2.05, 4.69) is 5.10 Å². The zero-order chi connectivity index (χ0) is 14.0. The van der Waals surface area contributed by atoms with Gasteiger partial charge in [0.15, 0.2) is 5.75 Å². The lowest BCUT2D eigenvalue weighted by Gasteiger charge is -2.11. The molecule has 2 rings (SSSR count). The van der Waals surface area contributed by atoms with E-state index in [1.54, 1.807) is 24.3 Å². The van der Waals surface area contributed by atoms with Crippen molar-refractivity contribution in [2.24, 2.45) is 0 Å². The molecule has 1 heterocycles. The van der Waals surface area contributed by atoms with Crippen LogP contribution in [-0.4, -0.2) is 9.94 Å². The maximum absolute atomic E-state index is 12.1. The van der Waals surface area contributed by atoms with Crippen LogP contribution in [0.1, 0.15) is 25.3 Å². The topological polar surface area (TPSA) is 44.1 Å². The van der Waals surface area contributed by atoms with Crippen molar-refractivity contribution < 1.29 is 4.84 Å². The molecule has 0 bridgehead atoms. The van der Waals surface area contributed by atoms with E-state index < -0.39 is 0 Å². The third kappa shape index (κ3) is 2.91. The lowest BCUT2D eigenvalue weighted by molar-refractivity contribution is 0.163. The Kier molecular flexibility index (Phi) is 4.12. The molecule has 0 N–H and O–H groups in total. The van der Waals surface area contributed by atoms with E-state index in [-0.39, 0.29) is 17.2 Å². The highest BCUT2D eigenvalue weighted by Crippen LogP contribution is 2.32. The van der Waals surface area contributed by atoms with Gasteiger partial charge in [0, 0.05) is 5.56 Å². The molecule has 19 heavy (non-hydrogen) atoms. The predicted molar refractivity (Wildman–Crippen MR) is 75.1 cm³/mol. The number of aromatic nitrogens is 2. The second kappa shape index (κ2) is 5.63. The monoisotopic (exact) mass is 298 g/mol. The number of hydrogen-bond donors (Lipinski definition) is 0. The largest absolute Gasteiger partial charge is 0.351 e. The molecule has 100 valence electrons. The fourth-order valence-corrected chi connectivity index (χ4v) is 2.04. The molecule has 1 aromatic carbocycles. The maximum atomic E-state index is 12.1. The van der Waals surface area contributed by atoms with Crippen LogP contribution in [0.5, 0.6) is 5.75 Å². The van der Waals surface area contributed by atoms with E-state index in [9.17, 15) is 4.79 Å². The Balaban J connectivity index is 2.45. The zero-order valence-corrected chi connectivity index (χ0v) is 11.9. The summed E-state index contributed by atoms with van der Waals surface area (Å²) in [5, 5.41) is 4.50. The first-order valence-corrected chi connectivity index (χ1v) is 6.47. The Morgan fingerprint density at radius 2 is 1.84 bits per heavy atom. The molecule has 0 unspecified atom stereocenters. The van der Waals surface area contributed by atoms with Crippen LogP contribution in [0.15, 0.2) is 35.3 Å². The number of rotatable bonds is 3. The molecule has 0 aliphatic heterocycles. The van der Waals surface area contributed by atoms with Crippen LogP contribution in [0.25, 0.3) is 0 Å². The van der Waals surface area contributed by atoms with E-state index >= 15 is 0 Å². The third-order valence-electron chi connectivity index (χ3n) is 2.57. The standard InChI is InChI=1S/C13H12Cl2N2O2/c1-8(2)9-6-7-16-17(13(9)18)19-12-10(14)4-3-5-11(12)15/h3-8H,1-2H3. The van der Waals surface area contributed by atoms with Gasteiger partial charge < -0.3 is 4.84 Å². The summed E-state index contributed by atoms with van der Waals surface area (Å²) < 4.78 is 0. The summed E-state index contributed by atoms with van der Waals surface area (Å²) in [5.74, 6) is 0.286. The first kappa shape index (κ1) is 13.9. The number of para-hydroxylation sites is 1. The number of halogens is 2. The Morgan fingerprint density at radius 3 is 2.42 bits per heavy atom. The van der Waals surface area contributed by atoms with E-state index in [0.717, 1.165) is 4.85 Å². The Bertz CT molecular complexity index is 633. The van der Waals surface area contributed by atoms with Crippen molar-refractivity contribution in [1.29, 1.82) is 0 Å². The summed E-state index contributed by atoms with van der Waals surface area (Å²) in [6, 6.07) is 6.61. The van der Waals surface area contributed by atoms with Crippen molar-refractivity contribution in [3.05, 3.63) is 56.4 Å². The molecule has 0 saturated carbocycles. The number of nitrogens with zero attached hydrogens (tertiary/aromatic N) is 2. The minimum atomic E-state index is -0.325. The summed E-state index contributed by atoms with van der Waals surface area (Å²) >= 11 is 12.0. The first-order chi connectivity index (χ1) is 9.00. The molecule has 0 aliphatic rings. The molecule has 2 aromatic rings. The SMILES string of the molecule is CC(C)c1ccnn(Oc2c(Cl)cccc2Cl)c1=O. The highest BCUT2D eigenvalue weighted by atomic mass is 35.5. The number of hydrogen-bond acceptors (Lipinski definition) is 3. The molecule has 6 heteroatoms. The maximum Gasteiger partial charge on any atom is 0.307 e. The van der Waals surface area contributed by atoms with Crippen LogP contribution >= 0.6 is 23.2 Å². The Labute approximate surface area is 120 Å². The minimum Gasteiger partial charge on any atom is -0.351 e. The van der Waals surface area contributed by atoms with Crippen molar-refractivity contribution in [1.82, 2.24) is 9.94 Å². The Hall–Kier alpha value is -1.52. The highest BCUT2D eigenvalue weighted by Gasteiger charge is 2.13. The van der Waals surface area contributed by atoms with E-state index in [0.29, 0.717) is 15.6 Å². The molecular weight excluding hydrogens is 287 g/mol. The normalized spacial score (nSPS) is 10.8. The van der Waals surface area contributed by atoms with E-state index in [1.807, 2.05) is 13.8 Å². The molecule has 0 spiro atoms. The van der Waals surface area contributed by atoms with Crippen molar-refractivity contribution in [3.63, 3.8) is 0 Å². The quantitative estimate of drug-likeness (QED) is 0.871. The summed E-state index contributed by atoms with van der Waals surface area (Å²) in [6.45, 7) is 3.84. The molecule has 4 nitrogen and oxygen atoms in total. The van der Waals surface area contributed by atoms with Gasteiger partial charge in [-0.25, -0.2) is 0 Å². The van der Waals surface area contributed by atoms with Crippen LogP contribution in [0.4, 0.5) is 0 Å². The summed E-state index contributed by atoms with van der Waals surface area (Å²) in [6.07, 6.45) is 1.50. The van der Waals surface area contributed by atoms with Gasteiger partial charge in [0.1, 0.15) is 0 Å². The number of benzene rings is 1. The van der Waals surface area contributed by atoms with Gasteiger partial charge in [-0.15, -0.1) is 5.10 Å². The predicted octanol–water partition coefficient (Wildman–Crippen LogP) is 3.52. The highest BCUT2D eigenvalue weighted by molar-refractivity contribution is 6.37. The zero-order valence-electron chi connectivity index (χ0n) is 10.4. The van der Waals surface area contributed by atoms with Crippen molar-refractivity contribution in [2.45, 2.75) is 19.8 Å². The van der Waals surface area contributed by atoms with Gasteiger partial charge in [-0.05, 0) is 24.1 Å². The summed E-state index contributed by atoms with van der Waals surface area (Å²) in [7, 11) is 0. The fourth-order valence-electron chi connectivity index (χ4n) is 1.57. The van der Waals surface area contributed by atoms with Gasteiger partial charge in [-0.2, -0.15) is 0 Å². The average Bonchev–Trinajstić information content (AvgIpc) is 2.35. The van der Waals surface area contributed by atoms with Gasteiger partial charge >= 0.3 is 5.56 Å². The van der Waals surface area contributed by atoms with Gasteiger partial charge in [0.05, 0.1) is 16.2 Å². The van der Waals surface area contributed by atoms with Crippen LogP contribution in [0, 0.1) is 0 Å². The van der Waals surface area contributed by atoms with Gasteiger partial charge in [0.2, 0.25) is 0 Å². The second-order valence-corrected chi connectivity index (χ2v) is 5.08. The second-order valence-electron chi connectivity index (χ2n) is 4.26. The van der Waals surface area contributed by atoms with Crippen LogP contribution in [0.2, 0.25) is 10.0 Å². The molecule has 0 saturated heterocycles. The third-order valence-corrected chi connectivity index (χ3v) is 3.16. The molecule has 0 atom stereocenters. The van der Waals surface area contributed by atoms with Crippen molar-refractivity contribution >= 4 is 23.2 Å². The van der Waals surface area contributed by atoms with Crippen molar-refractivity contribution in [2.75, 3.05) is 0 Å². The van der Waals surface area contributed by atoms with Crippen LogP contribution in [0.3, 0.4) is 0 Å². The van der Waals surface area contributed by atoms with Crippen LogP contribution < -0.4 is 10.4 Å². The lowest BCUT2D eigenvalue weighted by atomic mass is 10.1. The summed E-state index contributed by atoms with van der Waals surface area (Å²) in [4.78, 5) is 18.4. The molecule has 0 aliphatic carbocycles. The fraction of sp³-hybridized carbons (Fsp3) is 0.231. The molecule has 1 aromatic heterocycles. The average molecular weight is 299 g/mol. The minimum absolute atomic E-state index is 0.0760. The smallest absolute Gasteiger partial charge is 0.307 e. The molecule has 0 amide bonds. The molecule has 0 fully saturated rings. The van der Waals surface area contributed by atoms with E-state index in [1.165, 1.54) is 6.20 Å². The molecule has 0 radical (unpaired) electrons. The molecular formula is C13H12Cl2N2O2. The van der Waals surface area contributed by atoms with E-state index in [4.69, 9.17) is 28.0 Å². The van der Waals surface area contributed by atoms with Gasteiger partial charge in [0.25, 0.3) is 0 Å². The first-order valence-electron chi connectivity index (χ1n) is 5.71. The van der Waals surface area contributed by atoms with Crippen molar-refractivity contribution in [3.8, 4) is 5.75 Å². The summed E-state index contributed by atoms with van der Waals surface area (Å²) in [5.41, 5.74) is 0.284. The van der Waals surface area contributed by atoms with Gasteiger partial charge in [-0.3, -0.25) is 4.79 Å². The Morgan fingerprint density at radius 1 is 1.21 bits per heavy atom. The van der Waals surface area contributed by atoms with Crippen LogP contribution in [-0.2, 0) is 0 Å². The lowest BCUT2D eigenvalue weighted by Crippen LogP contribution is -2.29.